The van der Waals surface area contributed by atoms with Gasteiger partial charge in [0.25, 0.3) is 0 Å². The molecule has 0 radical (unpaired) electrons. The molecule has 1 rings (SSSR count). The van der Waals surface area contributed by atoms with Crippen LogP contribution < -0.4 is 0 Å². The number of ketones is 1. The number of carbonyl (C=O) groups is 2. The minimum atomic E-state index is -1.43. The van der Waals surface area contributed by atoms with Crippen LogP contribution in [-0.4, -0.2) is 22.0 Å². The summed E-state index contributed by atoms with van der Waals surface area (Å²) < 4.78 is 0. The number of halogens is 1. The molecule has 0 saturated carbocycles. The van der Waals surface area contributed by atoms with E-state index in [0.717, 1.165) is 11.6 Å². The van der Waals surface area contributed by atoms with E-state index in [1.165, 1.54) is 0 Å². The highest BCUT2D eigenvalue weighted by molar-refractivity contribution is 6.31. The van der Waals surface area contributed by atoms with Crippen LogP contribution >= 0.6 is 11.6 Å². The summed E-state index contributed by atoms with van der Waals surface area (Å²) in [6.45, 7) is 3.19. The Balaban J connectivity index is 2.77. The Morgan fingerprint density at radius 2 is 1.81 bits per heavy atom. The number of aliphatic hydroxyl groups is 1. The summed E-state index contributed by atoms with van der Waals surface area (Å²) in [6, 6.07) is 7.30. The standard InChI is InChI=1S/C16H17ClO4/c1-10(9-15(19)16(20)21)11(2)14(18)8-7-12-5-3-4-6-13(12)17/h3-6,9,19H,7-8H2,1-2H3,(H,20,21)/b11-10+,15-9+. The maximum Gasteiger partial charge on any atom is 0.370 e. The monoisotopic (exact) mass is 308 g/mol. The van der Waals surface area contributed by atoms with Gasteiger partial charge in [-0.1, -0.05) is 29.8 Å². The molecular formula is C16H17ClO4. The Kier molecular flexibility index (Phi) is 6.18. The number of aliphatic carboxylic acids is 1. The van der Waals surface area contributed by atoms with Crippen molar-refractivity contribution in [2.24, 2.45) is 0 Å². The zero-order valence-electron chi connectivity index (χ0n) is 11.9. The zero-order chi connectivity index (χ0) is 16.0. The molecule has 0 amide bonds. The minimum absolute atomic E-state index is 0.109. The predicted octanol–water partition coefficient (Wildman–Crippen LogP) is 3.70. The van der Waals surface area contributed by atoms with Gasteiger partial charge in [0.2, 0.25) is 5.76 Å². The third-order valence-corrected chi connectivity index (χ3v) is 3.53. The minimum Gasteiger partial charge on any atom is -0.502 e. The van der Waals surface area contributed by atoms with Gasteiger partial charge in [-0.25, -0.2) is 4.79 Å². The highest BCUT2D eigenvalue weighted by Crippen LogP contribution is 2.18. The van der Waals surface area contributed by atoms with Gasteiger partial charge in [-0.3, -0.25) is 4.79 Å². The van der Waals surface area contributed by atoms with Crippen LogP contribution in [0.4, 0.5) is 0 Å². The molecule has 0 fully saturated rings. The second-order valence-corrected chi connectivity index (χ2v) is 5.06. The lowest BCUT2D eigenvalue weighted by Crippen LogP contribution is -2.05. The fourth-order valence-electron chi connectivity index (χ4n) is 1.73. The number of carboxylic acid groups (broad SMARTS) is 1. The number of allylic oxidation sites excluding steroid dienone is 3. The number of hydrogen-bond donors (Lipinski definition) is 2. The van der Waals surface area contributed by atoms with E-state index < -0.39 is 11.7 Å². The van der Waals surface area contributed by atoms with E-state index in [0.29, 0.717) is 22.6 Å². The molecule has 1 aromatic rings. The molecule has 0 aliphatic rings. The number of carbonyl (C=O) groups excluding carboxylic acids is 1. The molecule has 0 bridgehead atoms. The molecular weight excluding hydrogens is 292 g/mol. The van der Waals surface area contributed by atoms with Gasteiger partial charge >= 0.3 is 5.97 Å². The van der Waals surface area contributed by atoms with Gasteiger partial charge < -0.3 is 10.2 Å². The lowest BCUT2D eigenvalue weighted by atomic mass is 10.00. The van der Waals surface area contributed by atoms with Crippen LogP contribution in [0.25, 0.3) is 0 Å². The van der Waals surface area contributed by atoms with Gasteiger partial charge in [0.05, 0.1) is 0 Å². The van der Waals surface area contributed by atoms with Crippen LogP contribution in [0.5, 0.6) is 0 Å². The largest absolute Gasteiger partial charge is 0.502 e. The van der Waals surface area contributed by atoms with E-state index in [9.17, 15) is 14.7 Å². The first-order valence-corrected chi connectivity index (χ1v) is 6.78. The maximum absolute atomic E-state index is 12.1. The van der Waals surface area contributed by atoms with Crippen molar-refractivity contribution in [3.63, 3.8) is 0 Å². The Morgan fingerprint density at radius 1 is 1.19 bits per heavy atom. The molecule has 0 spiro atoms. The van der Waals surface area contributed by atoms with Crippen molar-refractivity contribution in [1.29, 1.82) is 0 Å². The smallest absolute Gasteiger partial charge is 0.370 e. The first kappa shape index (κ1) is 17.0. The van der Waals surface area contributed by atoms with Crippen molar-refractivity contribution in [2.75, 3.05) is 0 Å². The Bertz CT molecular complexity index is 614. The molecule has 4 nitrogen and oxygen atoms in total. The van der Waals surface area contributed by atoms with Gasteiger partial charge in [0, 0.05) is 11.4 Å². The summed E-state index contributed by atoms with van der Waals surface area (Å²) in [4.78, 5) is 22.6. The molecule has 0 atom stereocenters. The Hall–Kier alpha value is -2.07. The molecule has 0 unspecified atom stereocenters. The number of benzene rings is 1. The summed E-state index contributed by atoms with van der Waals surface area (Å²) in [5, 5.41) is 18.4. The average Bonchev–Trinajstić information content (AvgIpc) is 2.44. The molecule has 112 valence electrons. The summed E-state index contributed by atoms with van der Waals surface area (Å²) in [5.74, 6) is -2.32. The summed E-state index contributed by atoms with van der Waals surface area (Å²) in [6.07, 6.45) is 1.86. The fourth-order valence-corrected chi connectivity index (χ4v) is 1.96. The van der Waals surface area contributed by atoms with E-state index in [2.05, 4.69) is 0 Å². The topological polar surface area (TPSA) is 74.6 Å². The number of hydrogen-bond acceptors (Lipinski definition) is 3. The van der Waals surface area contributed by atoms with Crippen LogP contribution in [0.2, 0.25) is 5.02 Å². The zero-order valence-corrected chi connectivity index (χ0v) is 12.6. The van der Waals surface area contributed by atoms with Gasteiger partial charge in [-0.05, 0) is 49.1 Å². The average molecular weight is 309 g/mol. The van der Waals surface area contributed by atoms with E-state index in [4.69, 9.17) is 16.7 Å². The number of aryl methyl sites for hydroxylation is 1. The third-order valence-electron chi connectivity index (χ3n) is 3.16. The molecule has 0 aliphatic heterocycles. The Morgan fingerprint density at radius 3 is 2.38 bits per heavy atom. The molecule has 5 heteroatoms. The van der Waals surface area contributed by atoms with E-state index in [1.807, 2.05) is 18.2 Å². The van der Waals surface area contributed by atoms with E-state index in [-0.39, 0.29) is 12.2 Å². The quantitative estimate of drug-likeness (QED) is 0.477. The van der Waals surface area contributed by atoms with Crippen molar-refractivity contribution >= 4 is 23.4 Å². The first-order valence-electron chi connectivity index (χ1n) is 6.41. The van der Waals surface area contributed by atoms with Crippen molar-refractivity contribution < 1.29 is 19.8 Å². The van der Waals surface area contributed by atoms with Gasteiger partial charge in [-0.15, -0.1) is 0 Å². The predicted molar refractivity (Wildman–Crippen MR) is 81.5 cm³/mol. The SMILES string of the molecule is CC(/C=C(/O)C(=O)O)=C(/C)C(=O)CCc1ccccc1Cl. The van der Waals surface area contributed by atoms with Gasteiger partial charge in [0.1, 0.15) is 0 Å². The second kappa shape index (κ2) is 7.64. The van der Waals surface area contributed by atoms with E-state index in [1.54, 1.807) is 19.9 Å². The lowest BCUT2D eigenvalue weighted by Gasteiger charge is -2.06. The summed E-state index contributed by atoms with van der Waals surface area (Å²) >= 11 is 6.02. The normalized spacial score (nSPS) is 12.8. The van der Waals surface area contributed by atoms with Crippen molar-refractivity contribution in [1.82, 2.24) is 0 Å². The highest BCUT2D eigenvalue weighted by atomic mass is 35.5. The third kappa shape index (κ3) is 5.08. The molecule has 21 heavy (non-hydrogen) atoms. The molecule has 0 saturated heterocycles. The highest BCUT2D eigenvalue weighted by Gasteiger charge is 2.11. The summed E-state index contributed by atoms with van der Waals surface area (Å²) in [5.41, 5.74) is 1.75. The molecule has 2 N–H and O–H groups in total. The molecule has 1 aromatic carbocycles. The van der Waals surface area contributed by atoms with Crippen LogP contribution in [0, 0.1) is 0 Å². The van der Waals surface area contributed by atoms with Crippen molar-refractivity contribution in [3.05, 3.63) is 57.8 Å². The van der Waals surface area contributed by atoms with Crippen molar-refractivity contribution in [2.45, 2.75) is 26.7 Å². The van der Waals surface area contributed by atoms with Gasteiger partial charge in [-0.2, -0.15) is 0 Å². The number of aliphatic hydroxyl groups excluding tert-OH is 1. The van der Waals surface area contributed by atoms with E-state index >= 15 is 0 Å². The second-order valence-electron chi connectivity index (χ2n) is 4.66. The molecule has 0 heterocycles. The first-order chi connectivity index (χ1) is 9.82. The number of Topliss-reactive ketones (excluding diaryl/α,β-unsaturated/α-hetero) is 1. The lowest BCUT2D eigenvalue weighted by molar-refractivity contribution is -0.135. The van der Waals surface area contributed by atoms with Crippen LogP contribution in [0.1, 0.15) is 25.8 Å². The van der Waals surface area contributed by atoms with Crippen LogP contribution in [0.3, 0.4) is 0 Å². The van der Waals surface area contributed by atoms with Crippen molar-refractivity contribution in [3.8, 4) is 0 Å². The Labute approximate surface area is 128 Å². The summed E-state index contributed by atoms with van der Waals surface area (Å²) in [7, 11) is 0. The molecule has 0 aromatic heterocycles. The molecule has 0 aliphatic carbocycles. The maximum atomic E-state index is 12.1. The fraction of sp³-hybridized carbons (Fsp3) is 0.250. The number of carboxylic acids is 1. The number of rotatable bonds is 6. The van der Waals surface area contributed by atoms with Gasteiger partial charge in [0.15, 0.2) is 5.78 Å². The van der Waals surface area contributed by atoms with Crippen LogP contribution in [-0.2, 0) is 16.0 Å². The van der Waals surface area contributed by atoms with Crippen LogP contribution in [0.15, 0.2) is 47.2 Å².